The number of amides is 9. The average Bonchev–Trinajstić information content (AvgIpc) is 3.78. The van der Waals surface area contributed by atoms with Gasteiger partial charge < -0.3 is 64.8 Å². The molecule has 4 rings (SSSR count). The lowest BCUT2D eigenvalue weighted by molar-refractivity contribution is -0.142. The van der Waals surface area contributed by atoms with Crippen molar-refractivity contribution in [2.45, 2.75) is 108 Å². The van der Waals surface area contributed by atoms with Crippen molar-refractivity contribution >= 4 is 80.7 Å². The number of guanidine groups is 1. The van der Waals surface area contributed by atoms with Gasteiger partial charge in [-0.05, 0) is 54.9 Å². The molecule has 9 amide bonds. The highest BCUT2D eigenvalue weighted by Gasteiger charge is 2.40. The Morgan fingerprint density at radius 2 is 1.41 bits per heavy atom. The van der Waals surface area contributed by atoms with Crippen LogP contribution in [0, 0.1) is 5.92 Å². The number of carbonyl (C=O) groups excluding carboxylic acids is 9. The zero-order valence-corrected chi connectivity index (χ0v) is 39.6. The van der Waals surface area contributed by atoms with E-state index in [1.165, 1.54) is 27.8 Å². The molecule has 22 nitrogen and oxygen atoms in total. The fourth-order valence-corrected chi connectivity index (χ4v) is 9.60. The van der Waals surface area contributed by atoms with Gasteiger partial charge in [0, 0.05) is 43.9 Å². The minimum absolute atomic E-state index is 0.00618. The van der Waals surface area contributed by atoms with E-state index >= 15 is 0 Å². The average molecular weight is 983 g/mol. The van der Waals surface area contributed by atoms with Crippen LogP contribution in [0.1, 0.15) is 63.5 Å². The summed E-state index contributed by atoms with van der Waals surface area (Å²) < 4.78 is 0. The number of primary amides is 2. The maximum Gasteiger partial charge on any atom is 0.246 e. The van der Waals surface area contributed by atoms with Crippen molar-refractivity contribution < 1.29 is 48.3 Å². The molecule has 0 spiro atoms. The molecule has 2 aliphatic rings. The fraction of sp³-hybridized carbons (Fsp3) is 0.500. The molecule has 0 bridgehead atoms. The van der Waals surface area contributed by atoms with Crippen molar-refractivity contribution in [2.75, 3.05) is 24.6 Å². The maximum atomic E-state index is 14.4. The van der Waals surface area contributed by atoms with Crippen LogP contribution in [-0.2, 0) is 56.0 Å². The lowest BCUT2D eigenvalue weighted by Gasteiger charge is -2.31. The molecule has 2 aliphatic heterocycles. The number of likely N-dealkylation sites (tertiary alicyclic amines) is 1. The van der Waals surface area contributed by atoms with Gasteiger partial charge in [0.15, 0.2) is 5.96 Å². The predicted octanol–water partition coefficient (Wildman–Crippen LogP) is -2.07. The second kappa shape index (κ2) is 26.7. The number of nitrogens with zero attached hydrogens (tertiary/aromatic N) is 2. The van der Waals surface area contributed by atoms with Gasteiger partial charge in [0.25, 0.3) is 0 Å². The van der Waals surface area contributed by atoms with Gasteiger partial charge in [0.05, 0.1) is 6.42 Å². The summed E-state index contributed by atoms with van der Waals surface area (Å²) in [6, 6.07) is 5.88. The van der Waals surface area contributed by atoms with E-state index in [1.54, 1.807) is 56.3 Å². The number of rotatable bonds is 15. The monoisotopic (exact) mass is 982 g/mol. The van der Waals surface area contributed by atoms with E-state index in [0.717, 1.165) is 10.8 Å². The first-order valence-electron chi connectivity index (χ1n) is 22.1. The Kier molecular flexibility index (Phi) is 21.2. The molecule has 68 heavy (non-hydrogen) atoms. The van der Waals surface area contributed by atoms with Gasteiger partial charge in [-0.3, -0.25) is 48.1 Å². The van der Waals surface area contributed by atoms with Crippen molar-refractivity contribution in [3.05, 3.63) is 65.7 Å². The molecule has 370 valence electrons. The summed E-state index contributed by atoms with van der Waals surface area (Å²) in [7, 11) is 2.30. The number of hydrogen-bond acceptors (Lipinski definition) is 13. The molecular formula is C44H62N12O10S2. The highest BCUT2D eigenvalue weighted by molar-refractivity contribution is 8.76. The first-order chi connectivity index (χ1) is 32.3. The minimum Gasteiger partial charge on any atom is -0.508 e. The highest BCUT2D eigenvalue weighted by atomic mass is 33.1. The van der Waals surface area contributed by atoms with E-state index in [2.05, 4.69) is 36.9 Å². The van der Waals surface area contributed by atoms with Gasteiger partial charge in [-0.25, -0.2) is 0 Å². The molecule has 7 atom stereocenters. The first-order valence-corrected chi connectivity index (χ1v) is 24.6. The molecule has 2 aromatic rings. The highest BCUT2D eigenvalue weighted by Crippen LogP contribution is 2.26. The van der Waals surface area contributed by atoms with Crippen molar-refractivity contribution in [3.8, 4) is 5.75 Å². The number of aliphatic imine (C=N–C) groups is 1. The van der Waals surface area contributed by atoms with Crippen LogP contribution in [0.3, 0.4) is 0 Å². The molecule has 24 heteroatoms. The zero-order chi connectivity index (χ0) is 49.9. The fourth-order valence-electron chi connectivity index (χ4n) is 7.45. The van der Waals surface area contributed by atoms with E-state index < -0.39 is 108 Å². The van der Waals surface area contributed by atoms with E-state index in [4.69, 9.17) is 22.9 Å². The second-order valence-electron chi connectivity index (χ2n) is 16.7. The lowest BCUT2D eigenvalue weighted by atomic mass is 9.99. The number of benzene rings is 2. The van der Waals surface area contributed by atoms with E-state index in [1.807, 2.05) is 0 Å². The summed E-state index contributed by atoms with van der Waals surface area (Å²) >= 11 is 0. The van der Waals surface area contributed by atoms with Crippen molar-refractivity contribution in [3.63, 3.8) is 0 Å². The molecule has 0 unspecified atom stereocenters. The summed E-state index contributed by atoms with van der Waals surface area (Å²) in [6.45, 7) is 3.54. The van der Waals surface area contributed by atoms with Gasteiger partial charge in [-0.1, -0.05) is 77.9 Å². The molecule has 2 fully saturated rings. The standard InChI is InChI=1S/C44H62N12O10S2/c1-24(2)36-42(65)53-31(22-34(45)58)39(62)54-32(43(66)56-18-7-11-33(56)41(64)51-28(37(46)60)10-6-17-49-44(47)48)23-68-67-19-16-35(59)50-29(21-26-12-14-27(57)15-13-26)38(61)52-30(40(63)55-36)20-25-8-4-3-5-9-25/h3-5,8-9,12-15,24,28-33,36,57H,6-7,10-11,16-23H2,1-2H3,(H2,45,58)(H2,46,60)(H,50,59)(H,51,64)(H,52,61)(H,53,65)(H,54,62)(H,55,63)(H4,47,48,49)/t28-,29+,30-,31-,32-,33+,36-/m0/s1. The molecule has 0 saturated carbocycles. The van der Waals surface area contributed by atoms with Crippen molar-refractivity contribution in [1.82, 2.24) is 36.8 Å². The van der Waals surface area contributed by atoms with Crippen LogP contribution in [0.25, 0.3) is 0 Å². The Morgan fingerprint density at radius 1 is 0.794 bits per heavy atom. The predicted molar refractivity (Wildman–Crippen MR) is 256 cm³/mol. The molecule has 2 heterocycles. The molecular weight excluding hydrogens is 921 g/mol. The SMILES string of the molecule is CC(C)[C@@H]1NC(=O)[C@H](Cc2ccccc2)NC(=O)[C@@H](Cc2ccc(O)cc2)NC(=O)CCSSC[C@@H](C(=O)N2CCC[C@@H]2C(=O)N[C@@H](CCCN=C(N)N)C(N)=O)NC(=O)[C@H](CC(N)=O)NC1=O. The third-order valence-electron chi connectivity index (χ3n) is 11.0. The lowest BCUT2D eigenvalue weighted by Crippen LogP contribution is -2.61. The van der Waals surface area contributed by atoms with Crippen LogP contribution in [-0.4, -0.2) is 136 Å². The van der Waals surface area contributed by atoms with E-state index in [-0.39, 0.29) is 68.4 Å². The maximum absolute atomic E-state index is 14.4. The number of aromatic hydroxyl groups is 1. The molecule has 0 aromatic heterocycles. The first kappa shape index (κ1) is 54.0. The topological polar surface area (TPSA) is 366 Å². The Morgan fingerprint density at radius 3 is 2.04 bits per heavy atom. The van der Waals surface area contributed by atoms with Crippen LogP contribution in [0.4, 0.5) is 0 Å². The largest absolute Gasteiger partial charge is 0.508 e. The summed E-state index contributed by atoms with van der Waals surface area (Å²) in [4.78, 5) is 128. The normalized spacial score (nSPS) is 22.9. The van der Waals surface area contributed by atoms with Gasteiger partial charge in [-0.15, -0.1) is 0 Å². The Hall–Kier alpha value is -6.56. The number of carbonyl (C=O) groups is 9. The van der Waals surface area contributed by atoms with Crippen LogP contribution < -0.4 is 54.8 Å². The number of phenolic OH excluding ortho intramolecular Hbond substituents is 1. The van der Waals surface area contributed by atoms with Crippen molar-refractivity contribution in [1.29, 1.82) is 0 Å². The van der Waals surface area contributed by atoms with Gasteiger partial charge in [0.2, 0.25) is 53.2 Å². The van der Waals surface area contributed by atoms with Crippen LogP contribution >= 0.6 is 21.6 Å². The summed E-state index contributed by atoms with van der Waals surface area (Å²) in [6.07, 6.45) is 0.199. The number of nitrogens with one attached hydrogen (secondary N) is 6. The molecule has 2 saturated heterocycles. The molecule has 0 aliphatic carbocycles. The number of nitrogens with two attached hydrogens (primary N) is 4. The second-order valence-corrected chi connectivity index (χ2v) is 19.4. The minimum atomic E-state index is -1.63. The Balaban J connectivity index is 1.65. The molecule has 2 aromatic carbocycles. The zero-order valence-electron chi connectivity index (χ0n) is 37.9. The third kappa shape index (κ3) is 17.3. The Bertz CT molecular complexity index is 2150. The van der Waals surface area contributed by atoms with Crippen LogP contribution in [0.5, 0.6) is 5.75 Å². The van der Waals surface area contributed by atoms with Gasteiger partial charge in [-0.2, -0.15) is 0 Å². The smallest absolute Gasteiger partial charge is 0.246 e. The summed E-state index contributed by atoms with van der Waals surface area (Å²) in [5, 5.41) is 25.8. The van der Waals surface area contributed by atoms with E-state index in [9.17, 15) is 48.3 Å². The van der Waals surface area contributed by atoms with E-state index in [0.29, 0.717) is 24.0 Å². The van der Waals surface area contributed by atoms with Crippen molar-refractivity contribution in [2.24, 2.45) is 33.8 Å². The third-order valence-corrected chi connectivity index (χ3v) is 13.4. The Labute approximate surface area is 401 Å². The van der Waals surface area contributed by atoms with Crippen LogP contribution in [0.2, 0.25) is 0 Å². The number of phenols is 1. The molecule has 0 radical (unpaired) electrons. The quantitative estimate of drug-likeness (QED) is 0.0396. The van der Waals surface area contributed by atoms with Gasteiger partial charge >= 0.3 is 0 Å². The summed E-state index contributed by atoms with van der Waals surface area (Å²) in [5.74, 6) is -7.67. The molecule has 15 N–H and O–H groups in total. The van der Waals surface area contributed by atoms with Crippen LogP contribution in [0.15, 0.2) is 59.6 Å². The summed E-state index contributed by atoms with van der Waals surface area (Å²) in [5.41, 5.74) is 23.1. The van der Waals surface area contributed by atoms with Gasteiger partial charge in [0.1, 0.15) is 48.0 Å². The number of hydrogen-bond donors (Lipinski definition) is 11.